The second-order valence-corrected chi connectivity index (χ2v) is 7.92. The van der Waals surface area contributed by atoms with Gasteiger partial charge < -0.3 is 10.2 Å². The van der Waals surface area contributed by atoms with Crippen LogP contribution in [-0.4, -0.2) is 32.5 Å². The standard InChI is InChI=1S/C17H19FN4O4S/c18-14-5-1-2-6-16(14)21-9-3-4-12(11-21)20-15-8-7-13(27(19,25)26)10-17(15)22(23)24/h1-2,5-8,10,12,20H,3-4,9,11H2,(H2,19,25,26). The number of nitrogens with one attached hydrogen (secondary N) is 1. The van der Waals surface area contributed by atoms with E-state index < -0.39 is 14.9 Å². The monoisotopic (exact) mass is 394 g/mol. The number of hydrogen-bond donors (Lipinski definition) is 2. The third-order valence-electron chi connectivity index (χ3n) is 4.47. The SMILES string of the molecule is NS(=O)(=O)c1ccc(NC2CCCN(c3ccccc3F)C2)c([N+](=O)[O-])c1. The minimum atomic E-state index is -4.04. The summed E-state index contributed by atoms with van der Waals surface area (Å²) >= 11 is 0. The molecule has 1 heterocycles. The topological polar surface area (TPSA) is 119 Å². The summed E-state index contributed by atoms with van der Waals surface area (Å²) in [6.07, 6.45) is 1.54. The number of para-hydroxylation sites is 1. The summed E-state index contributed by atoms with van der Waals surface area (Å²) in [5.74, 6) is -0.318. The van der Waals surface area contributed by atoms with Gasteiger partial charge in [-0.2, -0.15) is 0 Å². The van der Waals surface area contributed by atoms with Crippen molar-refractivity contribution in [2.75, 3.05) is 23.3 Å². The average Bonchev–Trinajstić information content (AvgIpc) is 2.61. The molecule has 3 rings (SSSR count). The Kier molecular flexibility index (Phi) is 5.29. The molecule has 3 N–H and O–H groups in total. The van der Waals surface area contributed by atoms with E-state index in [0.717, 1.165) is 18.9 Å². The number of benzene rings is 2. The molecule has 1 unspecified atom stereocenters. The minimum Gasteiger partial charge on any atom is -0.375 e. The third kappa shape index (κ3) is 4.34. The first-order valence-electron chi connectivity index (χ1n) is 8.33. The van der Waals surface area contributed by atoms with Gasteiger partial charge in [0.1, 0.15) is 11.5 Å². The molecule has 144 valence electrons. The summed E-state index contributed by atoms with van der Waals surface area (Å²) in [6.45, 7) is 1.15. The highest BCUT2D eigenvalue weighted by molar-refractivity contribution is 7.89. The number of sulfonamides is 1. The van der Waals surface area contributed by atoms with Crippen molar-refractivity contribution in [3.05, 3.63) is 58.4 Å². The fourth-order valence-electron chi connectivity index (χ4n) is 3.20. The molecule has 0 saturated carbocycles. The lowest BCUT2D eigenvalue weighted by Crippen LogP contribution is -2.42. The molecular formula is C17H19FN4O4S. The van der Waals surface area contributed by atoms with Crippen molar-refractivity contribution in [1.82, 2.24) is 0 Å². The van der Waals surface area contributed by atoms with Crippen LogP contribution in [0.3, 0.4) is 0 Å². The lowest BCUT2D eigenvalue weighted by atomic mass is 10.0. The average molecular weight is 394 g/mol. The molecule has 0 radical (unpaired) electrons. The molecule has 1 saturated heterocycles. The van der Waals surface area contributed by atoms with E-state index in [4.69, 9.17) is 5.14 Å². The number of hydrogen-bond acceptors (Lipinski definition) is 6. The Morgan fingerprint density at radius 1 is 1.26 bits per heavy atom. The predicted octanol–water partition coefficient (Wildman–Crippen LogP) is 2.46. The first kappa shape index (κ1) is 19.1. The summed E-state index contributed by atoms with van der Waals surface area (Å²) in [5.41, 5.74) is 0.320. The number of nitro groups is 1. The molecule has 10 heteroatoms. The van der Waals surface area contributed by atoms with Gasteiger partial charge in [0, 0.05) is 25.2 Å². The van der Waals surface area contributed by atoms with E-state index in [1.165, 1.54) is 18.2 Å². The Hall–Kier alpha value is -2.72. The van der Waals surface area contributed by atoms with Crippen LogP contribution in [0.1, 0.15) is 12.8 Å². The van der Waals surface area contributed by atoms with Crippen LogP contribution in [0.4, 0.5) is 21.5 Å². The number of nitro benzene ring substituents is 1. The second-order valence-electron chi connectivity index (χ2n) is 6.36. The highest BCUT2D eigenvalue weighted by atomic mass is 32.2. The van der Waals surface area contributed by atoms with Crippen molar-refractivity contribution in [3.8, 4) is 0 Å². The van der Waals surface area contributed by atoms with Gasteiger partial charge in [-0.1, -0.05) is 12.1 Å². The van der Waals surface area contributed by atoms with E-state index in [9.17, 15) is 22.9 Å². The molecular weight excluding hydrogens is 375 g/mol. The molecule has 2 aromatic carbocycles. The van der Waals surface area contributed by atoms with Gasteiger partial charge in [0.2, 0.25) is 10.0 Å². The molecule has 0 spiro atoms. The van der Waals surface area contributed by atoms with Gasteiger partial charge in [-0.3, -0.25) is 10.1 Å². The molecule has 2 aromatic rings. The second kappa shape index (κ2) is 7.49. The maximum atomic E-state index is 14.0. The van der Waals surface area contributed by atoms with Crippen LogP contribution < -0.4 is 15.4 Å². The van der Waals surface area contributed by atoms with E-state index >= 15 is 0 Å². The van der Waals surface area contributed by atoms with E-state index in [2.05, 4.69) is 5.32 Å². The quantitative estimate of drug-likeness (QED) is 0.594. The molecule has 1 aliphatic heterocycles. The third-order valence-corrected chi connectivity index (χ3v) is 5.38. The number of piperidine rings is 1. The Labute approximate surface area is 156 Å². The van der Waals surface area contributed by atoms with Crippen molar-refractivity contribution in [1.29, 1.82) is 0 Å². The zero-order chi connectivity index (χ0) is 19.6. The molecule has 27 heavy (non-hydrogen) atoms. The highest BCUT2D eigenvalue weighted by Gasteiger charge is 2.25. The van der Waals surface area contributed by atoms with Crippen molar-refractivity contribution in [3.63, 3.8) is 0 Å². The molecule has 1 aliphatic rings. The number of halogens is 1. The van der Waals surface area contributed by atoms with Crippen LogP contribution in [0.15, 0.2) is 47.4 Å². The minimum absolute atomic E-state index is 0.155. The van der Waals surface area contributed by atoms with Crippen LogP contribution in [0.5, 0.6) is 0 Å². The van der Waals surface area contributed by atoms with E-state index in [0.29, 0.717) is 18.8 Å². The van der Waals surface area contributed by atoms with Crippen LogP contribution in [0, 0.1) is 15.9 Å². The van der Waals surface area contributed by atoms with Crippen molar-refractivity contribution in [2.24, 2.45) is 5.14 Å². The van der Waals surface area contributed by atoms with Crippen LogP contribution in [0.25, 0.3) is 0 Å². The lowest BCUT2D eigenvalue weighted by Gasteiger charge is -2.35. The Bertz CT molecular complexity index is 967. The first-order valence-corrected chi connectivity index (χ1v) is 9.87. The summed E-state index contributed by atoms with van der Waals surface area (Å²) < 4.78 is 36.9. The van der Waals surface area contributed by atoms with Gasteiger partial charge in [-0.25, -0.2) is 17.9 Å². The molecule has 8 nitrogen and oxygen atoms in total. The van der Waals surface area contributed by atoms with Gasteiger partial charge in [0.15, 0.2) is 0 Å². The Morgan fingerprint density at radius 3 is 2.67 bits per heavy atom. The van der Waals surface area contributed by atoms with Gasteiger partial charge in [0.05, 0.1) is 15.5 Å². The maximum absolute atomic E-state index is 14.0. The molecule has 1 atom stereocenters. The molecule has 1 fully saturated rings. The van der Waals surface area contributed by atoms with Crippen LogP contribution in [0.2, 0.25) is 0 Å². The summed E-state index contributed by atoms with van der Waals surface area (Å²) in [7, 11) is -4.04. The zero-order valence-electron chi connectivity index (χ0n) is 14.3. The van der Waals surface area contributed by atoms with Gasteiger partial charge >= 0.3 is 0 Å². The molecule has 0 aliphatic carbocycles. The number of anilines is 2. The summed E-state index contributed by atoms with van der Waals surface area (Å²) in [5, 5.41) is 19.5. The molecule has 0 aromatic heterocycles. The van der Waals surface area contributed by atoms with E-state index in [1.807, 2.05) is 4.90 Å². The van der Waals surface area contributed by atoms with Gasteiger partial charge in [-0.05, 0) is 37.1 Å². The van der Waals surface area contributed by atoms with Crippen molar-refractivity contribution >= 4 is 27.1 Å². The van der Waals surface area contributed by atoms with Crippen molar-refractivity contribution in [2.45, 2.75) is 23.8 Å². The fraction of sp³-hybridized carbons (Fsp3) is 0.294. The van der Waals surface area contributed by atoms with Gasteiger partial charge in [-0.15, -0.1) is 0 Å². The first-order chi connectivity index (χ1) is 12.8. The van der Waals surface area contributed by atoms with Crippen LogP contribution in [-0.2, 0) is 10.0 Å². The van der Waals surface area contributed by atoms with Crippen molar-refractivity contribution < 1.29 is 17.7 Å². The largest absolute Gasteiger partial charge is 0.375 e. The molecule has 0 bridgehead atoms. The van der Waals surface area contributed by atoms with Crippen LogP contribution >= 0.6 is 0 Å². The normalized spacial score (nSPS) is 17.6. The summed E-state index contributed by atoms with van der Waals surface area (Å²) in [6, 6.07) is 9.81. The predicted molar refractivity (Wildman–Crippen MR) is 99.7 cm³/mol. The van der Waals surface area contributed by atoms with E-state index in [1.54, 1.807) is 18.2 Å². The smallest absolute Gasteiger partial charge is 0.293 e. The Balaban J connectivity index is 1.82. The fourth-order valence-corrected chi connectivity index (χ4v) is 3.74. The highest BCUT2D eigenvalue weighted by Crippen LogP contribution is 2.30. The number of nitrogens with zero attached hydrogens (tertiary/aromatic N) is 2. The lowest BCUT2D eigenvalue weighted by molar-refractivity contribution is -0.384. The zero-order valence-corrected chi connectivity index (χ0v) is 15.2. The summed E-state index contributed by atoms with van der Waals surface area (Å²) in [4.78, 5) is 12.3. The Morgan fingerprint density at radius 2 is 2.00 bits per heavy atom. The number of primary sulfonamides is 1. The maximum Gasteiger partial charge on any atom is 0.293 e. The molecule has 0 amide bonds. The number of nitrogens with two attached hydrogens (primary N) is 1. The van der Waals surface area contributed by atoms with Gasteiger partial charge in [0.25, 0.3) is 5.69 Å². The van der Waals surface area contributed by atoms with E-state index in [-0.39, 0.29) is 28.1 Å². The number of rotatable bonds is 5.